The molecule has 2 atom stereocenters. The maximum atomic E-state index is 13.1. The number of rotatable bonds is 10. The molecule has 0 radical (unpaired) electrons. The van der Waals surface area contributed by atoms with Gasteiger partial charge in [-0.15, -0.1) is 10.2 Å². The van der Waals surface area contributed by atoms with E-state index >= 15 is 0 Å². The van der Waals surface area contributed by atoms with Gasteiger partial charge in [-0.05, 0) is 125 Å². The van der Waals surface area contributed by atoms with Crippen molar-refractivity contribution >= 4 is 23.2 Å². The van der Waals surface area contributed by atoms with Gasteiger partial charge in [0.2, 0.25) is 17.7 Å². The highest BCUT2D eigenvalue weighted by atomic mass is 19.1. The molecule has 0 unspecified atom stereocenters. The summed E-state index contributed by atoms with van der Waals surface area (Å²) in [6, 6.07) is 21.5. The van der Waals surface area contributed by atoms with Crippen LogP contribution < -0.4 is 10.9 Å². The van der Waals surface area contributed by atoms with E-state index in [-0.39, 0.29) is 23.7 Å². The van der Waals surface area contributed by atoms with Crippen LogP contribution in [0.2, 0.25) is 0 Å². The summed E-state index contributed by atoms with van der Waals surface area (Å²) in [5.74, 6) is -2.66. The van der Waals surface area contributed by atoms with Crippen LogP contribution in [0.25, 0.3) is 21.1 Å². The maximum absolute atomic E-state index is 13.1. The van der Waals surface area contributed by atoms with Crippen molar-refractivity contribution in [2.75, 3.05) is 0 Å². The molecule has 5 aromatic rings. The zero-order chi connectivity index (χ0) is 40.5. The van der Waals surface area contributed by atoms with Crippen molar-refractivity contribution in [1.82, 2.24) is 21.0 Å². The Morgan fingerprint density at radius 2 is 1.25 bits per heavy atom. The number of aromatic nitrogens is 2. The summed E-state index contributed by atoms with van der Waals surface area (Å²) in [7, 11) is 0. The molecule has 1 heterocycles. The molecule has 0 aliphatic rings. The molecule has 0 saturated heterocycles. The van der Waals surface area contributed by atoms with Crippen molar-refractivity contribution < 1.29 is 33.0 Å². The molecule has 0 aliphatic heterocycles. The van der Waals surface area contributed by atoms with Crippen LogP contribution in [-0.2, 0) is 17.6 Å². The average molecular weight is 749 g/mol. The number of aryl methyl sites for hydroxylation is 2. The molecule has 0 bridgehead atoms. The fourth-order valence-corrected chi connectivity index (χ4v) is 5.68. The summed E-state index contributed by atoms with van der Waals surface area (Å²) in [6.07, 6.45) is 0.703. The first kappa shape index (κ1) is 41.5. The number of benzene rings is 4. The van der Waals surface area contributed by atoms with Crippen LogP contribution in [0.15, 0.2) is 89.3 Å². The quantitative estimate of drug-likeness (QED) is 0.0839. The fourth-order valence-electron chi connectivity index (χ4n) is 5.68. The number of carbonyl (C=O) groups is 2. The molecule has 1 aromatic heterocycles. The summed E-state index contributed by atoms with van der Waals surface area (Å²) < 4.78 is 31.8. The summed E-state index contributed by atoms with van der Waals surface area (Å²) in [4.78, 5) is 31.5. The average Bonchev–Trinajstić information content (AvgIpc) is 3.61. The Hall–Kier alpha value is -6.28. The molecule has 284 valence electrons. The van der Waals surface area contributed by atoms with Crippen LogP contribution in [0.4, 0.5) is 20.2 Å². The zero-order valence-corrected chi connectivity index (χ0v) is 31.3. The summed E-state index contributed by atoms with van der Waals surface area (Å²) in [6.45, 7) is 24.4. The Morgan fingerprint density at radius 1 is 0.745 bits per heavy atom. The van der Waals surface area contributed by atoms with Gasteiger partial charge in [0.25, 0.3) is 5.91 Å². The molecule has 0 fully saturated rings. The molecular formula is C42H42F2N6O5. The Labute approximate surface area is 318 Å². The molecule has 5 rings (SSSR count). The van der Waals surface area contributed by atoms with Crippen molar-refractivity contribution in [3.63, 3.8) is 0 Å². The van der Waals surface area contributed by atoms with Crippen LogP contribution >= 0.6 is 0 Å². The minimum absolute atomic E-state index is 0.187. The summed E-state index contributed by atoms with van der Waals surface area (Å²) in [5, 5.41) is 29.2. The van der Waals surface area contributed by atoms with Gasteiger partial charge in [-0.2, -0.15) is 0 Å². The van der Waals surface area contributed by atoms with Crippen LogP contribution in [0.5, 0.6) is 0 Å². The number of hydrogen-bond acceptors (Lipinski definition) is 7. The van der Waals surface area contributed by atoms with E-state index in [1.54, 1.807) is 57.2 Å². The van der Waals surface area contributed by atoms with Crippen molar-refractivity contribution in [3.05, 3.63) is 153 Å². The predicted octanol–water partition coefficient (Wildman–Crippen LogP) is 7.91. The van der Waals surface area contributed by atoms with E-state index in [9.17, 15) is 28.6 Å². The van der Waals surface area contributed by atoms with Crippen molar-refractivity contribution in [2.45, 2.75) is 71.5 Å². The number of carbonyl (C=O) groups excluding carboxylic acids is 2. The first-order valence-corrected chi connectivity index (χ1v) is 17.2. The minimum atomic E-state index is -1.35. The monoisotopic (exact) mass is 748 g/mol. The summed E-state index contributed by atoms with van der Waals surface area (Å²) >= 11 is 0. The normalized spacial score (nSPS) is 12.3. The lowest BCUT2D eigenvalue weighted by Crippen LogP contribution is -2.50. The zero-order valence-electron chi connectivity index (χ0n) is 31.3. The SMILES string of the molecule is [C-]#[N+]c1ccc(C[C@@H](C(=O)NNC(=O)c2ccc(F)cc2)C(C)(C)O)cc1C.[C-]#[N+]c1ccc(C[C@@H](c2nnc(-c3ccc(F)cc3)o2)C(C)(C)O)cc1C. The Kier molecular flexibility index (Phi) is 13.3. The fraction of sp³-hybridized carbons (Fsp3) is 0.286. The lowest BCUT2D eigenvalue weighted by Gasteiger charge is -2.28. The highest BCUT2D eigenvalue weighted by Gasteiger charge is 2.35. The van der Waals surface area contributed by atoms with Gasteiger partial charge in [-0.1, -0.05) is 36.4 Å². The second-order valence-electron chi connectivity index (χ2n) is 14.2. The van der Waals surface area contributed by atoms with Crippen molar-refractivity contribution in [3.8, 4) is 11.5 Å². The van der Waals surface area contributed by atoms with Gasteiger partial charge in [0.05, 0.1) is 36.2 Å². The van der Waals surface area contributed by atoms with Gasteiger partial charge in [0.15, 0.2) is 11.4 Å². The van der Waals surface area contributed by atoms with E-state index < -0.39 is 40.7 Å². The van der Waals surface area contributed by atoms with Crippen LogP contribution in [0.1, 0.15) is 72.1 Å². The predicted molar refractivity (Wildman–Crippen MR) is 203 cm³/mol. The van der Waals surface area contributed by atoms with Gasteiger partial charge in [0, 0.05) is 11.1 Å². The van der Waals surface area contributed by atoms with Crippen LogP contribution in [-0.4, -0.2) is 43.4 Å². The molecule has 55 heavy (non-hydrogen) atoms. The lowest BCUT2D eigenvalue weighted by atomic mass is 9.84. The van der Waals surface area contributed by atoms with Gasteiger partial charge in [-0.25, -0.2) is 18.5 Å². The standard InChI is InChI=1S/C21H22FN3O3.C21H20FN3O2/c1-13-11-14(5-10-18(13)23-4)12-17(21(2,3)28)20(27)25-24-19(26)15-6-8-16(22)9-7-15;1-13-11-14(5-10-18(13)23-4)12-17(21(2,3)26)20-25-24-19(27-20)15-6-8-16(22)9-7-15/h5-11,17,28H,12H2,1-3H3,(H,24,26)(H,25,27);5-11,17,26H,12H2,1-3H3/t2*17-/m00/s1. The number of hydrogen-bond donors (Lipinski definition) is 4. The Bertz CT molecular complexity index is 2210. The number of nitrogens with zero attached hydrogens (tertiary/aromatic N) is 4. The number of nitrogens with one attached hydrogen (secondary N) is 2. The molecule has 13 heteroatoms. The van der Waals surface area contributed by atoms with E-state index in [0.29, 0.717) is 29.2 Å². The van der Waals surface area contributed by atoms with Crippen molar-refractivity contribution in [1.29, 1.82) is 0 Å². The van der Waals surface area contributed by atoms with Gasteiger partial charge in [0.1, 0.15) is 11.6 Å². The molecule has 0 spiro atoms. The number of halogens is 2. The van der Waals surface area contributed by atoms with E-state index in [1.165, 1.54) is 38.1 Å². The largest absolute Gasteiger partial charge is 0.420 e. The van der Waals surface area contributed by atoms with E-state index in [1.807, 2.05) is 19.1 Å². The second kappa shape index (κ2) is 17.7. The third kappa shape index (κ3) is 11.4. The molecular weight excluding hydrogens is 706 g/mol. The Balaban J connectivity index is 0.000000245. The molecule has 0 saturated carbocycles. The summed E-state index contributed by atoms with van der Waals surface area (Å²) in [5.41, 5.74) is 7.50. The number of hydrazine groups is 1. The molecule has 0 aliphatic carbocycles. The number of aliphatic hydroxyl groups is 2. The highest BCUT2D eigenvalue weighted by molar-refractivity contribution is 5.95. The second-order valence-corrected chi connectivity index (χ2v) is 14.2. The topological polar surface area (TPSA) is 146 Å². The third-order valence-electron chi connectivity index (χ3n) is 8.90. The highest BCUT2D eigenvalue weighted by Crippen LogP contribution is 2.34. The third-order valence-corrected chi connectivity index (χ3v) is 8.90. The smallest absolute Gasteiger partial charge is 0.269 e. The number of amides is 2. The first-order chi connectivity index (χ1) is 25.9. The van der Waals surface area contributed by atoms with Gasteiger partial charge in [-0.3, -0.25) is 20.4 Å². The van der Waals surface area contributed by atoms with E-state index in [2.05, 4.69) is 30.7 Å². The van der Waals surface area contributed by atoms with Gasteiger partial charge >= 0.3 is 0 Å². The molecule has 2 amide bonds. The molecule has 4 N–H and O–H groups in total. The molecule has 11 nitrogen and oxygen atoms in total. The van der Waals surface area contributed by atoms with E-state index in [4.69, 9.17) is 17.6 Å². The van der Waals surface area contributed by atoms with E-state index in [0.717, 1.165) is 34.4 Å². The lowest BCUT2D eigenvalue weighted by molar-refractivity contribution is -0.133. The van der Waals surface area contributed by atoms with Crippen molar-refractivity contribution in [2.24, 2.45) is 5.92 Å². The first-order valence-electron chi connectivity index (χ1n) is 17.2. The van der Waals surface area contributed by atoms with Gasteiger partial charge < -0.3 is 14.6 Å². The maximum Gasteiger partial charge on any atom is 0.269 e. The Morgan fingerprint density at radius 3 is 1.73 bits per heavy atom. The van der Waals surface area contributed by atoms with Crippen LogP contribution in [0.3, 0.4) is 0 Å². The van der Waals surface area contributed by atoms with Crippen LogP contribution in [0, 0.1) is 44.5 Å². The minimum Gasteiger partial charge on any atom is -0.420 e. The molecule has 4 aromatic carbocycles.